The van der Waals surface area contributed by atoms with Crippen LogP contribution in [0.25, 0.3) is 0 Å². The molecule has 0 saturated carbocycles. The van der Waals surface area contributed by atoms with E-state index >= 15 is 0 Å². The van der Waals surface area contributed by atoms with Crippen LogP contribution in [0, 0.1) is 0 Å². The van der Waals surface area contributed by atoms with E-state index in [1.807, 2.05) is 6.07 Å². The zero-order chi connectivity index (χ0) is 13.9. The molecule has 2 aliphatic rings. The van der Waals surface area contributed by atoms with Crippen molar-refractivity contribution in [3.05, 3.63) is 23.3 Å². The van der Waals surface area contributed by atoms with Gasteiger partial charge in [0.05, 0.1) is 38.4 Å². The smallest absolute Gasteiger partial charge is 0.167 e. The van der Waals surface area contributed by atoms with Gasteiger partial charge in [-0.3, -0.25) is 0 Å². The molecule has 4 heteroatoms. The summed E-state index contributed by atoms with van der Waals surface area (Å²) in [4.78, 5) is 1.72. The molecular weight excluding hydrogens is 252 g/mol. The van der Waals surface area contributed by atoms with Gasteiger partial charge in [-0.05, 0) is 31.4 Å². The van der Waals surface area contributed by atoms with Crippen molar-refractivity contribution >= 4 is 0 Å². The molecule has 0 aromatic heterocycles. The van der Waals surface area contributed by atoms with Gasteiger partial charge in [-0.15, -0.1) is 0 Å². The lowest BCUT2D eigenvalue weighted by Gasteiger charge is -2.34. The number of hydrogen-bond acceptors (Lipinski definition) is 2. The molecule has 4 nitrogen and oxygen atoms in total. The maximum Gasteiger partial charge on any atom is 0.167 e. The average Bonchev–Trinajstić information content (AvgIpc) is 2.54. The molecule has 2 heterocycles. The number of benzene rings is 1. The summed E-state index contributed by atoms with van der Waals surface area (Å²) in [5.41, 5.74) is 2.73. The van der Waals surface area contributed by atoms with Crippen molar-refractivity contribution in [1.82, 2.24) is 0 Å². The summed E-state index contributed by atoms with van der Waals surface area (Å²) >= 11 is 0. The molecule has 20 heavy (non-hydrogen) atoms. The summed E-state index contributed by atoms with van der Waals surface area (Å²) in [6.45, 7) is 4.74. The Hall–Kier alpha value is -1.26. The molecule has 1 atom stereocenters. The Bertz CT molecular complexity index is 470. The molecule has 3 rings (SSSR count). The second-order valence-electron chi connectivity index (χ2n) is 5.86. The number of methoxy groups -OCH3 is 2. The van der Waals surface area contributed by atoms with Crippen molar-refractivity contribution in [3.63, 3.8) is 0 Å². The fraction of sp³-hybridized carbons (Fsp3) is 0.625. The predicted molar refractivity (Wildman–Crippen MR) is 77.3 cm³/mol. The first-order chi connectivity index (χ1) is 9.85. The molecule has 1 fully saturated rings. The Balaban J connectivity index is 2.01. The number of quaternary nitrogens is 2. The van der Waals surface area contributed by atoms with E-state index in [-0.39, 0.29) is 0 Å². The van der Waals surface area contributed by atoms with Crippen molar-refractivity contribution in [2.75, 3.05) is 33.9 Å². The standard InChI is InChI=1S/C16H24N2O2/c1-19-14-6-7-15(20-2)16-12(14)10-17-11-13(16)18-8-4-3-5-9-18/h6-7,13,17H,3-5,8-11H2,1-2H3/p+2/t13-/m1/s1. The monoisotopic (exact) mass is 278 g/mol. The van der Waals surface area contributed by atoms with Gasteiger partial charge in [0.15, 0.2) is 6.04 Å². The Labute approximate surface area is 121 Å². The molecule has 1 aromatic carbocycles. The molecular formula is C16H26N2O2+2. The minimum Gasteiger partial charge on any atom is -0.496 e. The molecule has 0 spiro atoms. The molecule has 1 saturated heterocycles. The van der Waals surface area contributed by atoms with Crippen LogP contribution >= 0.6 is 0 Å². The first-order valence-electron chi connectivity index (χ1n) is 7.75. The molecule has 1 aromatic rings. The zero-order valence-electron chi connectivity index (χ0n) is 12.6. The molecule has 0 aliphatic carbocycles. The Kier molecular flexibility index (Phi) is 4.13. The minimum absolute atomic E-state index is 0.545. The normalized spacial score (nSPS) is 23.2. The summed E-state index contributed by atoms with van der Waals surface area (Å²) in [5.74, 6) is 2.05. The van der Waals surface area contributed by atoms with Crippen LogP contribution in [0.1, 0.15) is 36.4 Å². The number of likely N-dealkylation sites (tertiary alicyclic amines) is 1. The average molecular weight is 278 g/mol. The third kappa shape index (κ3) is 2.38. The summed E-state index contributed by atoms with van der Waals surface area (Å²) in [6, 6.07) is 4.66. The summed E-state index contributed by atoms with van der Waals surface area (Å²) in [7, 11) is 3.54. The van der Waals surface area contributed by atoms with E-state index in [4.69, 9.17) is 9.47 Å². The lowest BCUT2D eigenvalue weighted by Crippen LogP contribution is -3.16. The van der Waals surface area contributed by atoms with Gasteiger partial charge in [-0.1, -0.05) is 0 Å². The number of piperidine rings is 1. The number of hydrogen-bond donors (Lipinski definition) is 2. The van der Waals surface area contributed by atoms with Crippen LogP contribution < -0.4 is 19.7 Å². The molecule has 2 aliphatic heterocycles. The fourth-order valence-electron chi connectivity index (χ4n) is 3.82. The lowest BCUT2D eigenvalue weighted by molar-refractivity contribution is -0.952. The topological polar surface area (TPSA) is 39.5 Å². The highest BCUT2D eigenvalue weighted by Gasteiger charge is 2.36. The van der Waals surface area contributed by atoms with Gasteiger partial charge in [-0.25, -0.2) is 0 Å². The van der Waals surface area contributed by atoms with Crippen molar-refractivity contribution in [2.45, 2.75) is 31.8 Å². The first-order valence-corrected chi connectivity index (χ1v) is 7.75. The van der Waals surface area contributed by atoms with Gasteiger partial charge >= 0.3 is 0 Å². The second-order valence-corrected chi connectivity index (χ2v) is 5.86. The van der Waals surface area contributed by atoms with E-state index in [0.717, 1.165) is 24.6 Å². The molecule has 0 amide bonds. The van der Waals surface area contributed by atoms with E-state index < -0.39 is 0 Å². The van der Waals surface area contributed by atoms with E-state index in [1.54, 1.807) is 19.1 Å². The van der Waals surface area contributed by atoms with Gasteiger partial charge < -0.3 is 19.7 Å². The van der Waals surface area contributed by atoms with Gasteiger partial charge in [0.25, 0.3) is 0 Å². The van der Waals surface area contributed by atoms with Crippen LogP contribution in [0.5, 0.6) is 11.5 Å². The van der Waals surface area contributed by atoms with Crippen molar-refractivity contribution in [2.24, 2.45) is 0 Å². The minimum atomic E-state index is 0.545. The fourth-order valence-corrected chi connectivity index (χ4v) is 3.82. The van der Waals surface area contributed by atoms with Gasteiger partial charge in [-0.2, -0.15) is 0 Å². The largest absolute Gasteiger partial charge is 0.496 e. The van der Waals surface area contributed by atoms with Crippen LogP contribution in [-0.2, 0) is 6.54 Å². The molecule has 0 radical (unpaired) electrons. The zero-order valence-corrected chi connectivity index (χ0v) is 12.6. The van der Waals surface area contributed by atoms with E-state index in [1.165, 1.54) is 43.5 Å². The second kappa shape index (κ2) is 6.02. The van der Waals surface area contributed by atoms with Crippen molar-refractivity contribution in [1.29, 1.82) is 0 Å². The van der Waals surface area contributed by atoms with Gasteiger partial charge in [0.2, 0.25) is 0 Å². The summed E-state index contributed by atoms with van der Waals surface area (Å²) in [5, 5.41) is 2.41. The molecule has 3 N–H and O–H groups in total. The lowest BCUT2D eigenvalue weighted by atomic mass is 9.92. The Morgan fingerprint density at radius 1 is 1.05 bits per heavy atom. The maximum absolute atomic E-state index is 5.65. The Morgan fingerprint density at radius 2 is 1.75 bits per heavy atom. The highest BCUT2D eigenvalue weighted by atomic mass is 16.5. The van der Waals surface area contributed by atoms with Crippen LogP contribution in [0.4, 0.5) is 0 Å². The molecule has 0 bridgehead atoms. The maximum atomic E-state index is 5.65. The number of nitrogens with two attached hydrogens (primary N) is 1. The van der Waals surface area contributed by atoms with Crippen molar-refractivity contribution < 1.29 is 19.7 Å². The first kappa shape index (κ1) is 13.7. The van der Waals surface area contributed by atoms with Gasteiger partial charge in [0, 0.05) is 0 Å². The predicted octanol–water partition coefficient (Wildman–Crippen LogP) is -0.109. The Morgan fingerprint density at radius 3 is 2.45 bits per heavy atom. The summed E-state index contributed by atoms with van der Waals surface area (Å²) < 4.78 is 11.2. The number of nitrogens with one attached hydrogen (secondary N) is 1. The van der Waals surface area contributed by atoms with Gasteiger partial charge in [0.1, 0.15) is 24.6 Å². The third-order valence-electron chi connectivity index (χ3n) is 4.80. The van der Waals surface area contributed by atoms with Crippen LogP contribution in [0.15, 0.2) is 12.1 Å². The third-order valence-corrected chi connectivity index (χ3v) is 4.80. The van der Waals surface area contributed by atoms with Crippen LogP contribution in [0.3, 0.4) is 0 Å². The van der Waals surface area contributed by atoms with E-state index in [2.05, 4.69) is 11.4 Å². The summed E-state index contributed by atoms with van der Waals surface area (Å²) in [6.07, 6.45) is 4.10. The van der Waals surface area contributed by atoms with E-state index in [0.29, 0.717) is 6.04 Å². The van der Waals surface area contributed by atoms with Crippen LogP contribution in [-0.4, -0.2) is 33.9 Å². The SMILES string of the molecule is COc1ccc(OC)c2c1C[NH2+]C[C@H]2[NH+]1CCCCC1. The number of rotatable bonds is 3. The quantitative estimate of drug-likeness (QED) is 0.810. The number of fused-ring (bicyclic) bond motifs is 1. The highest BCUT2D eigenvalue weighted by Crippen LogP contribution is 2.34. The van der Waals surface area contributed by atoms with E-state index in [9.17, 15) is 0 Å². The molecule has 0 unspecified atom stereocenters. The highest BCUT2D eigenvalue weighted by molar-refractivity contribution is 5.50. The molecule has 110 valence electrons. The van der Waals surface area contributed by atoms with Crippen molar-refractivity contribution in [3.8, 4) is 11.5 Å². The van der Waals surface area contributed by atoms with Crippen LogP contribution in [0.2, 0.25) is 0 Å². The number of ether oxygens (including phenoxy) is 2.